The van der Waals surface area contributed by atoms with Gasteiger partial charge in [0.05, 0.1) is 31.8 Å². The molecule has 0 radical (unpaired) electrons. The molecule has 0 fully saturated rings. The maximum Gasteiger partial charge on any atom is 0.221 e. The van der Waals surface area contributed by atoms with Gasteiger partial charge in [-0.15, -0.1) is 0 Å². The Hall–Kier alpha value is -3.85. The highest BCUT2D eigenvalue weighted by Gasteiger charge is 2.23. The van der Waals surface area contributed by atoms with Gasteiger partial charge in [-0.05, 0) is 36.6 Å². The zero-order valence-electron chi connectivity index (χ0n) is 16.6. The van der Waals surface area contributed by atoms with Crippen molar-refractivity contribution in [2.45, 2.75) is 12.8 Å². The van der Waals surface area contributed by atoms with Gasteiger partial charge in [0.25, 0.3) is 0 Å². The van der Waals surface area contributed by atoms with Crippen molar-refractivity contribution < 1.29 is 14.7 Å². The number of amidine groups is 1. The van der Waals surface area contributed by atoms with Crippen LogP contribution in [0.2, 0.25) is 0 Å². The summed E-state index contributed by atoms with van der Waals surface area (Å²) in [6.07, 6.45) is 3.17. The number of ether oxygens (including phenoxy) is 2. The van der Waals surface area contributed by atoms with Gasteiger partial charge >= 0.3 is 0 Å². The summed E-state index contributed by atoms with van der Waals surface area (Å²) >= 11 is 0. The molecule has 1 aliphatic rings. The lowest BCUT2D eigenvalue weighted by Crippen LogP contribution is -2.20. The summed E-state index contributed by atoms with van der Waals surface area (Å²) in [5, 5.41) is 21.7. The fraction of sp³-hybridized carbons (Fsp3) is 0.190. The van der Waals surface area contributed by atoms with Gasteiger partial charge in [0.15, 0.2) is 0 Å². The standard InChI is InChI=1S/C21H22N6O3/c1-29-12-6-9-19(30-2)16(10-12)18-11-27(21(23)24-18)25-17-8-7-13-14(17)4-3-5-15(13)20(22)26-28/h3-6,9-11,28H,7-8H2,1-2H3,(H2,22,26)(H2,23,24). The second-order valence-electron chi connectivity index (χ2n) is 6.76. The Morgan fingerprint density at radius 3 is 2.77 bits per heavy atom. The number of hydrogen-bond donors (Lipinski definition) is 4. The Balaban J connectivity index is 1.74. The first kappa shape index (κ1) is 19.5. The highest BCUT2D eigenvalue weighted by Crippen LogP contribution is 2.33. The van der Waals surface area contributed by atoms with Crippen molar-refractivity contribution in [1.29, 1.82) is 5.41 Å². The van der Waals surface area contributed by atoms with Gasteiger partial charge in [0.2, 0.25) is 5.95 Å². The molecule has 30 heavy (non-hydrogen) atoms. The third-order valence-corrected chi connectivity index (χ3v) is 5.11. The number of imidazole rings is 1. The Kier molecular flexibility index (Phi) is 5.11. The quantitative estimate of drug-likeness (QED) is 0.293. The van der Waals surface area contributed by atoms with Crippen molar-refractivity contribution in [1.82, 2.24) is 15.1 Å². The predicted molar refractivity (Wildman–Crippen MR) is 114 cm³/mol. The first-order valence-corrected chi connectivity index (χ1v) is 9.32. The second-order valence-corrected chi connectivity index (χ2v) is 6.76. The maximum absolute atomic E-state index is 9.10. The molecule has 4 rings (SSSR count). The van der Waals surface area contributed by atoms with Crippen molar-refractivity contribution >= 4 is 17.5 Å². The smallest absolute Gasteiger partial charge is 0.221 e. The van der Waals surface area contributed by atoms with Crippen LogP contribution >= 0.6 is 0 Å². The minimum absolute atomic E-state index is 0.0392. The summed E-state index contributed by atoms with van der Waals surface area (Å²) in [5.41, 5.74) is 12.8. The molecule has 9 nitrogen and oxygen atoms in total. The van der Waals surface area contributed by atoms with E-state index in [4.69, 9.17) is 25.8 Å². The first-order chi connectivity index (χ1) is 14.5. The van der Waals surface area contributed by atoms with Gasteiger partial charge in [-0.25, -0.2) is 9.66 Å². The van der Waals surface area contributed by atoms with Crippen LogP contribution in [0.1, 0.15) is 23.1 Å². The number of anilines is 1. The minimum atomic E-state index is -0.0392. The summed E-state index contributed by atoms with van der Waals surface area (Å²) < 4.78 is 12.3. The largest absolute Gasteiger partial charge is 0.497 e. The molecule has 1 aliphatic carbocycles. The fourth-order valence-corrected chi connectivity index (χ4v) is 3.64. The number of nitrogen functional groups attached to an aromatic ring is 1. The number of methoxy groups -OCH3 is 2. The van der Waals surface area contributed by atoms with Crippen molar-refractivity contribution in [3.8, 4) is 22.8 Å². The lowest BCUT2D eigenvalue weighted by atomic mass is 10.0. The molecule has 9 heteroatoms. The number of nitrogens with one attached hydrogen (secondary N) is 2. The van der Waals surface area contributed by atoms with Crippen LogP contribution in [0.25, 0.3) is 11.3 Å². The molecule has 0 saturated heterocycles. The summed E-state index contributed by atoms with van der Waals surface area (Å²) in [5.74, 6) is 1.54. The predicted octanol–water partition coefficient (Wildman–Crippen LogP) is 2.65. The number of hydrogen-bond acceptors (Lipinski definition) is 7. The van der Waals surface area contributed by atoms with Crippen LogP contribution in [0.3, 0.4) is 0 Å². The molecule has 0 spiro atoms. The van der Waals surface area contributed by atoms with E-state index in [0.717, 1.165) is 28.8 Å². The molecule has 1 aromatic heterocycles. The molecular weight excluding hydrogens is 384 g/mol. The number of benzene rings is 2. The Bertz CT molecular complexity index is 1150. The number of aromatic nitrogens is 2. The number of nitrogens with zero attached hydrogens (tertiary/aromatic N) is 3. The van der Waals surface area contributed by atoms with Crippen LogP contribution in [-0.4, -0.2) is 40.6 Å². The molecule has 0 saturated carbocycles. The summed E-state index contributed by atoms with van der Waals surface area (Å²) in [7, 11) is 3.19. The van der Waals surface area contributed by atoms with Crippen LogP contribution in [0.4, 0.5) is 5.95 Å². The monoisotopic (exact) mass is 406 g/mol. The van der Waals surface area contributed by atoms with Crippen LogP contribution < -0.4 is 20.7 Å². The molecule has 0 aliphatic heterocycles. The summed E-state index contributed by atoms with van der Waals surface area (Å²) in [4.78, 5) is 4.44. The molecular formula is C21H22N6O3. The van der Waals surface area contributed by atoms with Gasteiger partial charge in [0, 0.05) is 16.7 Å². The van der Waals surface area contributed by atoms with Gasteiger partial charge < -0.3 is 15.2 Å². The molecule has 0 amide bonds. The second kappa shape index (κ2) is 7.88. The summed E-state index contributed by atoms with van der Waals surface area (Å²) in [6.45, 7) is 0. The zero-order chi connectivity index (χ0) is 21.3. The third kappa shape index (κ3) is 3.35. The molecule has 1 heterocycles. The molecule has 2 aromatic carbocycles. The highest BCUT2D eigenvalue weighted by atomic mass is 16.5. The maximum atomic E-state index is 9.10. The van der Waals surface area contributed by atoms with E-state index in [1.807, 2.05) is 35.8 Å². The van der Waals surface area contributed by atoms with Crippen LogP contribution in [0.15, 0.2) is 47.7 Å². The van der Waals surface area contributed by atoms with E-state index < -0.39 is 0 Å². The summed E-state index contributed by atoms with van der Waals surface area (Å²) in [6, 6.07) is 11.1. The SMILES string of the molecule is COc1ccc(OC)c(-c2cn(N=C3CCc4c(C(=N)NO)cccc43)c(N)n2)c1. The number of hydroxylamine groups is 1. The average Bonchev–Trinajstić information content (AvgIpc) is 3.36. The van der Waals surface area contributed by atoms with Crippen molar-refractivity contribution in [3.05, 3.63) is 59.3 Å². The number of rotatable bonds is 5. The molecule has 0 unspecified atom stereocenters. The lowest BCUT2D eigenvalue weighted by molar-refractivity contribution is 0.234. The normalized spacial score (nSPS) is 13.9. The van der Waals surface area contributed by atoms with Gasteiger partial charge in [-0.3, -0.25) is 16.1 Å². The Labute approximate surface area is 173 Å². The van der Waals surface area contributed by atoms with Crippen LogP contribution in [0, 0.1) is 5.41 Å². The Morgan fingerprint density at radius 1 is 1.20 bits per heavy atom. The van der Waals surface area contributed by atoms with E-state index in [-0.39, 0.29) is 11.8 Å². The fourth-order valence-electron chi connectivity index (χ4n) is 3.64. The third-order valence-electron chi connectivity index (χ3n) is 5.11. The van der Waals surface area contributed by atoms with Gasteiger partial charge in [-0.1, -0.05) is 18.2 Å². The molecule has 0 atom stereocenters. The van der Waals surface area contributed by atoms with E-state index in [2.05, 4.69) is 10.1 Å². The van der Waals surface area contributed by atoms with Gasteiger partial charge in [0.1, 0.15) is 17.3 Å². The number of fused-ring (bicyclic) bond motifs is 1. The number of nitrogens with two attached hydrogens (primary N) is 1. The Morgan fingerprint density at radius 2 is 2.03 bits per heavy atom. The van der Waals surface area contributed by atoms with Crippen molar-refractivity contribution in [3.63, 3.8) is 0 Å². The van der Waals surface area contributed by atoms with Crippen molar-refractivity contribution in [2.75, 3.05) is 20.0 Å². The molecule has 3 aromatic rings. The van der Waals surface area contributed by atoms with Gasteiger partial charge in [-0.2, -0.15) is 5.10 Å². The highest BCUT2D eigenvalue weighted by molar-refractivity contribution is 6.08. The molecule has 0 bridgehead atoms. The topological polar surface area (TPSA) is 131 Å². The van der Waals surface area contributed by atoms with Crippen LogP contribution in [-0.2, 0) is 6.42 Å². The lowest BCUT2D eigenvalue weighted by Gasteiger charge is -2.08. The molecule has 5 N–H and O–H groups in total. The molecule has 154 valence electrons. The van der Waals surface area contributed by atoms with E-state index in [1.54, 1.807) is 31.2 Å². The van der Waals surface area contributed by atoms with E-state index in [1.165, 1.54) is 0 Å². The first-order valence-electron chi connectivity index (χ1n) is 9.32. The van der Waals surface area contributed by atoms with Crippen molar-refractivity contribution in [2.24, 2.45) is 5.10 Å². The van der Waals surface area contributed by atoms with E-state index >= 15 is 0 Å². The van der Waals surface area contributed by atoms with E-state index in [9.17, 15) is 0 Å². The zero-order valence-corrected chi connectivity index (χ0v) is 16.6. The van der Waals surface area contributed by atoms with E-state index in [0.29, 0.717) is 29.2 Å². The minimum Gasteiger partial charge on any atom is -0.497 e. The average molecular weight is 406 g/mol. The van der Waals surface area contributed by atoms with Crippen LogP contribution in [0.5, 0.6) is 11.5 Å².